The molecule has 2 atom stereocenters. The Labute approximate surface area is 211 Å². The lowest BCUT2D eigenvalue weighted by molar-refractivity contribution is -0.0721. The van der Waals surface area contributed by atoms with Gasteiger partial charge in [-0.25, -0.2) is 4.79 Å². The molecule has 0 aromatic carbocycles. The molecule has 9 heteroatoms. The lowest BCUT2D eigenvalue weighted by atomic mass is 10.0. The van der Waals surface area contributed by atoms with Gasteiger partial charge in [-0.3, -0.25) is 4.99 Å². The van der Waals surface area contributed by atoms with Crippen molar-refractivity contribution in [2.24, 2.45) is 10.9 Å². The molecule has 2 saturated heterocycles. The molecule has 8 nitrogen and oxygen atoms in total. The van der Waals surface area contributed by atoms with Crippen molar-refractivity contribution in [3.05, 3.63) is 0 Å². The van der Waals surface area contributed by atoms with Crippen molar-refractivity contribution < 1.29 is 19.0 Å². The summed E-state index contributed by atoms with van der Waals surface area (Å²) in [5.41, 5.74) is 0. The molecule has 1 amide bonds. The van der Waals surface area contributed by atoms with Crippen LogP contribution in [0.2, 0.25) is 0 Å². The van der Waals surface area contributed by atoms with Crippen LogP contribution in [0, 0.1) is 5.92 Å². The SMILES string of the molecule is CCNC(=NCC(CC(C)C)NC(=O)OCC)N1CCC(OCC2CCCCO2)CC1.I. The van der Waals surface area contributed by atoms with Crippen LogP contribution in [0.15, 0.2) is 4.99 Å². The van der Waals surface area contributed by atoms with E-state index in [1.807, 2.05) is 6.92 Å². The van der Waals surface area contributed by atoms with Crippen molar-refractivity contribution >= 4 is 36.0 Å². The van der Waals surface area contributed by atoms with E-state index in [4.69, 9.17) is 19.2 Å². The van der Waals surface area contributed by atoms with Crippen LogP contribution in [-0.4, -0.2) is 81.2 Å². The highest BCUT2D eigenvalue weighted by atomic mass is 127. The van der Waals surface area contributed by atoms with Gasteiger partial charge in [-0.15, -0.1) is 24.0 Å². The molecular weight excluding hydrogens is 523 g/mol. The lowest BCUT2D eigenvalue weighted by Gasteiger charge is -2.35. The van der Waals surface area contributed by atoms with Gasteiger partial charge in [0.25, 0.3) is 0 Å². The maximum Gasteiger partial charge on any atom is 0.407 e. The molecule has 2 heterocycles. The number of alkyl carbamates (subject to hydrolysis) is 1. The van der Waals surface area contributed by atoms with E-state index in [1.165, 1.54) is 12.8 Å². The Morgan fingerprint density at radius 1 is 1.19 bits per heavy atom. The molecule has 2 aliphatic rings. The molecule has 2 aliphatic heterocycles. The second-order valence-corrected chi connectivity index (χ2v) is 8.89. The summed E-state index contributed by atoms with van der Waals surface area (Å²) in [5, 5.41) is 6.37. The van der Waals surface area contributed by atoms with Crippen molar-refractivity contribution in [2.45, 2.75) is 84.5 Å². The Morgan fingerprint density at radius 3 is 2.53 bits per heavy atom. The summed E-state index contributed by atoms with van der Waals surface area (Å²) in [6.07, 6.45) is 6.59. The second-order valence-electron chi connectivity index (χ2n) is 8.89. The number of likely N-dealkylation sites (tertiary alicyclic amines) is 1. The zero-order chi connectivity index (χ0) is 22.5. The summed E-state index contributed by atoms with van der Waals surface area (Å²) in [6.45, 7) is 13.3. The summed E-state index contributed by atoms with van der Waals surface area (Å²) in [7, 11) is 0. The van der Waals surface area contributed by atoms with E-state index < -0.39 is 0 Å². The third-order valence-corrected chi connectivity index (χ3v) is 5.68. The fourth-order valence-corrected chi connectivity index (χ4v) is 4.13. The van der Waals surface area contributed by atoms with Gasteiger partial charge in [0.05, 0.1) is 38.0 Å². The first-order valence-corrected chi connectivity index (χ1v) is 12.2. The minimum Gasteiger partial charge on any atom is -0.450 e. The average molecular weight is 569 g/mol. The van der Waals surface area contributed by atoms with Crippen LogP contribution in [0.1, 0.15) is 66.2 Å². The molecular formula is C23H45IN4O4. The molecule has 2 rings (SSSR count). The van der Waals surface area contributed by atoms with Crippen LogP contribution in [0.3, 0.4) is 0 Å². The van der Waals surface area contributed by atoms with Crippen molar-refractivity contribution in [3.63, 3.8) is 0 Å². The van der Waals surface area contributed by atoms with Crippen molar-refractivity contribution in [1.82, 2.24) is 15.5 Å². The van der Waals surface area contributed by atoms with Crippen LogP contribution in [0.25, 0.3) is 0 Å². The molecule has 0 aromatic heterocycles. The predicted molar refractivity (Wildman–Crippen MR) is 139 cm³/mol. The van der Waals surface area contributed by atoms with Gasteiger partial charge < -0.3 is 29.7 Å². The van der Waals surface area contributed by atoms with Gasteiger partial charge in [0.1, 0.15) is 0 Å². The van der Waals surface area contributed by atoms with Crippen molar-refractivity contribution in [3.8, 4) is 0 Å². The number of nitrogens with one attached hydrogen (secondary N) is 2. The van der Waals surface area contributed by atoms with E-state index in [2.05, 4.69) is 36.3 Å². The maximum absolute atomic E-state index is 11.9. The van der Waals surface area contributed by atoms with Gasteiger partial charge in [0, 0.05) is 26.2 Å². The summed E-state index contributed by atoms with van der Waals surface area (Å²) in [6, 6.07) is -0.0379. The van der Waals surface area contributed by atoms with E-state index in [0.29, 0.717) is 25.2 Å². The Morgan fingerprint density at radius 2 is 1.94 bits per heavy atom. The number of piperidine rings is 1. The fraction of sp³-hybridized carbons (Fsp3) is 0.913. The van der Waals surface area contributed by atoms with Gasteiger partial charge in [-0.05, 0) is 58.3 Å². The normalized spacial score (nSPS) is 21.1. The highest BCUT2D eigenvalue weighted by Gasteiger charge is 2.24. The third kappa shape index (κ3) is 11.4. The van der Waals surface area contributed by atoms with Gasteiger partial charge in [0.2, 0.25) is 0 Å². The molecule has 0 radical (unpaired) electrons. The Balaban J connectivity index is 0.00000512. The van der Waals surface area contributed by atoms with E-state index in [-0.39, 0.29) is 42.2 Å². The van der Waals surface area contributed by atoms with Crippen LogP contribution >= 0.6 is 24.0 Å². The summed E-state index contributed by atoms with van der Waals surface area (Å²) in [5.74, 6) is 1.38. The van der Waals surface area contributed by atoms with E-state index in [9.17, 15) is 4.79 Å². The first kappa shape index (κ1) is 29.2. The molecule has 0 aromatic rings. The molecule has 0 spiro atoms. The van der Waals surface area contributed by atoms with Gasteiger partial charge in [-0.2, -0.15) is 0 Å². The zero-order valence-electron chi connectivity index (χ0n) is 20.4. The Bertz CT molecular complexity index is 536. The first-order valence-electron chi connectivity index (χ1n) is 12.2. The highest BCUT2D eigenvalue weighted by Crippen LogP contribution is 2.18. The quantitative estimate of drug-likeness (QED) is 0.237. The van der Waals surface area contributed by atoms with Crippen LogP contribution in [0.5, 0.6) is 0 Å². The number of guanidine groups is 1. The minimum absolute atomic E-state index is 0. The summed E-state index contributed by atoms with van der Waals surface area (Å²) < 4.78 is 17.0. The number of amides is 1. The standard InChI is InChI=1S/C23H44N4O4.HI/c1-5-24-22(25-16-19(15-18(3)4)26-23(28)29-6-2)27-12-10-20(11-13-27)31-17-21-9-7-8-14-30-21;/h18-21H,5-17H2,1-4H3,(H,24,25)(H,26,28);1H. The number of nitrogens with zero attached hydrogens (tertiary/aromatic N) is 2. The number of aliphatic imine (C=N–C) groups is 1. The minimum atomic E-state index is -0.367. The van der Waals surface area contributed by atoms with Gasteiger partial charge in [-0.1, -0.05) is 13.8 Å². The van der Waals surface area contributed by atoms with E-state index in [1.54, 1.807) is 0 Å². The topological polar surface area (TPSA) is 84.4 Å². The number of hydrogen-bond donors (Lipinski definition) is 2. The van der Waals surface area contributed by atoms with Gasteiger partial charge in [0.15, 0.2) is 5.96 Å². The molecule has 188 valence electrons. The molecule has 2 N–H and O–H groups in total. The average Bonchev–Trinajstić information content (AvgIpc) is 2.76. The molecule has 32 heavy (non-hydrogen) atoms. The molecule has 0 aliphatic carbocycles. The number of hydrogen-bond acceptors (Lipinski definition) is 5. The lowest BCUT2D eigenvalue weighted by Crippen LogP contribution is -2.48. The Kier molecular flexibility index (Phi) is 15.3. The summed E-state index contributed by atoms with van der Waals surface area (Å²) in [4.78, 5) is 19.0. The zero-order valence-corrected chi connectivity index (χ0v) is 22.8. The van der Waals surface area contributed by atoms with Crippen LogP contribution in [0.4, 0.5) is 4.79 Å². The highest BCUT2D eigenvalue weighted by molar-refractivity contribution is 14.0. The van der Waals surface area contributed by atoms with Crippen LogP contribution in [-0.2, 0) is 14.2 Å². The van der Waals surface area contributed by atoms with Crippen molar-refractivity contribution in [1.29, 1.82) is 0 Å². The number of halogens is 1. The van der Waals surface area contributed by atoms with Crippen molar-refractivity contribution in [2.75, 3.05) is 46.0 Å². The van der Waals surface area contributed by atoms with E-state index >= 15 is 0 Å². The molecule has 2 unspecified atom stereocenters. The third-order valence-electron chi connectivity index (χ3n) is 5.68. The monoisotopic (exact) mass is 568 g/mol. The summed E-state index contributed by atoms with van der Waals surface area (Å²) >= 11 is 0. The van der Waals surface area contributed by atoms with Crippen LogP contribution < -0.4 is 10.6 Å². The van der Waals surface area contributed by atoms with E-state index in [0.717, 1.165) is 64.5 Å². The largest absolute Gasteiger partial charge is 0.450 e. The molecule has 0 bridgehead atoms. The first-order chi connectivity index (χ1) is 15.0. The Hall–Kier alpha value is -0.810. The number of rotatable bonds is 10. The number of carbonyl (C=O) groups excluding carboxylic acids is 1. The fourth-order valence-electron chi connectivity index (χ4n) is 4.13. The smallest absolute Gasteiger partial charge is 0.407 e. The predicted octanol–water partition coefficient (Wildman–Crippen LogP) is 3.78. The second kappa shape index (κ2) is 16.7. The maximum atomic E-state index is 11.9. The number of carbonyl (C=O) groups is 1. The number of ether oxygens (including phenoxy) is 3. The molecule has 2 fully saturated rings. The molecule has 0 saturated carbocycles. The van der Waals surface area contributed by atoms with Gasteiger partial charge >= 0.3 is 6.09 Å².